The molecule has 0 saturated heterocycles. The SMILES string of the molecule is c1ccc(-c2nc(-c3ccc(-c4cccc5ccccc45)cc3)nc(-c3ccccc3-c3cc4nc(-c5ccccc5)oc4c4c3oc3ccccc34)n2)cc1. The molecule has 11 rings (SSSR count). The third kappa shape index (κ3) is 5.35. The van der Waals surface area contributed by atoms with E-state index in [1.54, 1.807) is 0 Å². The highest BCUT2D eigenvalue weighted by atomic mass is 16.4. The first kappa shape index (κ1) is 31.8. The summed E-state index contributed by atoms with van der Waals surface area (Å²) in [6.45, 7) is 0. The van der Waals surface area contributed by atoms with Gasteiger partial charge in [-0.05, 0) is 51.7 Å². The molecule has 0 fully saturated rings. The minimum atomic E-state index is 0.553. The van der Waals surface area contributed by atoms with Crippen LogP contribution in [0.15, 0.2) is 191 Å². The number of fused-ring (bicyclic) bond motifs is 6. The largest absolute Gasteiger partial charge is 0.455 e. The minimum Gasteiger partial charge on any atom is -0.455 e. The van der Waals surface area contributed by atoms with Gasteiger partial charge in [-0.2, -0.15) is 0 Å². The van der Waals surface area contributed by atoms with E-state index < -0.39 is 0 Å². The van der Waals surface area contributed by atoms with Gasteiger partial charge in [0.25, 0.3) is 0 Å². The Hall–Kier alpha value is -7.70. The van der Waals surface area contributed by atoms with E-state index in [2.05, 4.69) is 91.0 Å². The Kier molecular flexibility index (Phi) is 7.38. The maximum absolute atomic E-state index is 6.67. The number of nitrogens with zero attached hydrogens (tertiary/aromatic N) is 4. The van der Waals surface area contributed by atoms with Gasteiger partial charge in [-0.15, -0.1) is 0 Å². The van der Waals surface area contributed by atoms with Gasteiger partial charge in [0.1, 0.15) is 16.7 Å². The second-order valence-corrected chi connectivity index (χ2v) is 13.8. The quantitative estimate of drug-likeness (QED) is 0.170. The molecule has 8 aromatic carbocycles. The molecule has 56 heavy (non-hydrogen) atoms. The van der Waals surface area contributed by atoms with Crippen molar-refractivity contribution in [3.63, 3.8) is 0 Å². The Labute approximate surface area is 321 Å². The Bertz CT molecular complexity index is 3240. The molecule has 0 saturated carbocycles. The lowest BCUT2D eigenvalue weighted by Gasteiger charge is -2.13. The van der Waals surface area contributed by atoms with Gasteiger partial charge in [0.05, 0.1) is 5.39 Å². The third-order valence-corrected chi connectivity index (χ3v) is 10.4. The summed E-state index contributed by atoms with van der Waals surface area (Å²) in [4.78, 5) is 20.4. The zero-order valence-electron chi connectivity index (χ0n) is 29.9. The number of oxazole rings is 1. The number of hydrogen-bond acceptors (Lipinski definition) is 6. The summed E-state index contributed by atoms with van der Waals surface area (Å²) in [5.41, 5.74) is 10.5. The maximum Gasteiger partial charge on any atom is 0.227 e. The van der Waals surface area contributed by atoms with Crippen molar-refractivity contribution in [3.05, 3.63) is 182 Å². The van der Waals surface area contributed by atoms with Crippen LogP contribution in [0.1, 0.15) is 0 Å². The lowest BCUT2D eigenvalue weighted by molar-refractivity contribution is 0.622. The highest BCUT2D eigenvalue weighted by Crippen LogP contribution is 2.44. The van der Waals surface area contributed by atoms with Crippen LogP contribution in [-0.4, -0.2) is 19.9 Å². The Balaban J connectivity index is 1.10. The topological polar surface area (TPSA) is 77.8 Å². The molecular formula is C50H30N4O2. The van der Waals surface area contributed by atoms with Crippen molar-refractivity contribution < 1.29 is 8.83 Å². The van der Waals surface area contributed by atoms with Crippen LogP contribution in [0.5, 0.6) is 0 Å². The van der Waals surface area contributed by atoms with Crippen molar-refractivity contribution in [1.29, 1.82) is 0 Å². The summed E-state index contributed by atoms with van der Waals surface area (Å²) >= 11 is 0. The predicted octanol–water partition coefficient (Wildman–Crippen LogP) is 13.1. The Morgan fingerprint density at radius 1 is 0.339 bits per heavy atom. The fourth-order valence-corrected chi connectivity index (χ4v) is 7.71. The number of aromatic nitrogens is 4. The standard InChI is InChI=1S/C50H30N4O2/c1-3-15-33(16-4-1)47-52-48(34-28-26-32(27-29-34)37-24-13-19-31-14-7-8-20-36(31)37)54-49(53-47)39-22-10-9-21-38(39)41-30-42-46(56-50(51-42)35-17-5-2-6-18-35)44-40-23-11-12-25-43(40)55-45(41)44/h1-30H. The lowest BCUT2D eigenvalue weighted by atomic mass is 9.96. The van der Waals surface area contributed by atoms with Crippen molar-refractivity contribution >= 4 is 43.8 Å². The number of benzene rings is 8. The van der Waals surface area contributed by atoms with Gasteiger partial charge in [0, 0.05) is 33.2 Å². The first-order valence-corrected chi connectivity index (χ1v) is 18.6. The average molecular weight is 719 g/mol. The summed E-state index contributed by atoms with van der Waals surface area (Å²) < 4.78 is 13.2. The molecule has 0 spiro atoms. The van der Waals surface area contributed by atoms with Crippen molar-refractivity contribution in [2.75, 3.05) is 0 Å². The molecule has 0 radical (unpaired) electrons. The molecule has 11 aromatic rings. The van der Waals surface area contributed by atoms with E-state index in [0.29, 0.717) is 34.5 Å². The van der Waals surface area contributed by atoms with E-state index in [1.165, 1.54) is 16.3 Å². The molecule has 3 aromatic heterocycles. The molecule has 0 aliphatic heterocycles. The van der Waals surface area contributed by atoms with Gasteiger partial charge in [0.15, 0.2) is 23.1 Å². The fourth-order valence-electron chi connectivity index (χ4n) is 7.71. The van der Waals surface area contributed by atoms with Crippen molar-refractivity contribution in [2.45, 2.75) is 0 Å². The zero-order valence-corrected chi connectivity index (χ0v) is 29.9. The maximum atomic E-state index is 6.67. The van der Waals surface area contributed by atoms with Crippen LogP contribution < -0.4 is 0 Å². The van der Waals surface area contributed by atoms with Crippen molar-refractivity contribution in [1.82, 2.24) is 19.9 Å². The van der Waals surface area contributed by atoms with E-state index in [0.717, 1.165) is 60.8 Å². The van der Waals surface area contributed by atoms with E-state index in [9.17, 15) is 0 Å². The summed E-state index contributed by atoms with van der Waals surface area (Å²) in [5.74, 6) is 2.28. The molecule has 0 bridgehead atoms. The van der Waals surface area contributed by atoms with Crippen LogP contribution in [-0.2, 0) is 0 Å². The van der Waals surface area contributed by atoms with Gasteiger partial charge in [-0.25, -0.2) is 19.9 Å². The molecule has 6 heteroatoms. The number of para-hydroxylation sites is 1. The molecular weight excluding hydrogens is 689 g/mol. The Morgan fingerprint density at radius 2 is 0.911 bits per heavy atom. The molecule has 262 valence electrons. The number of furan rings is 1. The molecule has 0 aliphatic carbocycles. The summed E-state index contributed by atoms with van der Waals surface area (Å²) in [6.07, 6.45) is 0. The Morgan fingerprint density at radius 3 is 1.70 bits per heavy atom. The van der Waals surface area contributed by atoms with Gasteiger partial charge in [-0.3, -0.25) is 0 Å². The average Bonchev–Trinajstić information content (AvgIpc) is 3.89. The highest BCUT2D eigenvalue weighted by molar-refractivity contribution is 6.21. The predicted molar refractivity (Wildman–Crippen MR) is 225 cm³/mol. The van der Waals surface area contributed by atoms with Crippen LogP contribution in [0.25, 0.3) is 112 Å². The molecule has 6 nitrogen and oxygen atoms in total. The zero-order chi connectivity index (χ0) is 37.0. The molecule has 0 aliphatic rings. The molecule has 0 N–H and O–H groups in total. The molecule has 3 heterocycles. The van der Waals surface area contributed by atoms with Gasteiger partial charge >= 0.3 is 0 Å². The molecule has 0 amide bonds. The van der Waals surface area contributed by atoms with Crippen molar-refractivity contribution in [2.24, 2.45) is 0 Å². The van der Waals surface area contributed by atoms with E-state index in [1.807, 2.05) is 91.0 Å². The van der Waals surface area contributed by atoms with Crippen LogP contribution in [0.4, 0.5) is 0 Å². The van der Waals surface area contributed by atoms with E-state index in [-0.39, 0.29) is 0 Å². The van der Waals surface area contributed by atoms with Crippen LogP contribution in [0.2, 0.25) is 0 Å². The van der Waals surface area contributed by atoms with Gasteiger partial charge < -0.3 is 8.83 Å². The lowest BCUT2D eigenvalue weighted by Crippen LogP contribution is -2.01. The van der Waals surface area contributed by atoms with E-state index >= 15 is 0 Å². The summed E-state index contributed by atoms with van der Waals surface area (Å²) in [6, 6.07) is 61.7. The second kappa shape index (κ2) is 13.0. The van der Waals surface area contributed by atoms with E-state index in [4.69, 9.17) is 28.8 Å². The van der Waals surface area contributed by atoms with Crippen LogP contribution in [0.3, 0.4) is 0 Å². The van der Waals surface area contributed by atoms with Crippen molar-refractivity contribution in [3.8, 4) is 67.9 Å². The minimum absolute atomic E-state index is 0.553. The van der Waals surface area contributed by atoms with Gasteiger partial charge in [-0.1, -0.05) is 158 Å². The fraction of sp³-hybridized carbons (Fsp3) is 0. The number of hydrogen-bond donors (Lipinski definition) is 0. The first-order valence-electron chi connectivity index (χ1n) is 18.6. The van der Waals surface area contributed by atoms with Crippen LogP contribution >= 0.6 is 0 Å². The normalized spacial score (nSPS) is 11.6. The highest BCUT2D eigenvalue weighted by Gasteiger charge is 2.23. The summed E-state index contributed by atoms with van der Waals surface area (Å²) in [7, 11) is 0. The number of rotatable bonds is 6. The first-order chi connectivity index (χ1) is 27.7. The summed E-state index contributed by atoms with van der Waals surface area (Å²) in [5, 5.41) is 4.27. The third-order valence-electron chi connectivity index (χ3n) is 10.4. The van der Waals surface area contributed by atoms with Gasteiger partial charge in [0.2, 0.25) is 5.89 Å². The monoisotopic (exact) mass is 718 g/mol. The molecule has 0 atom stereocenters. The van der Waals surface area contributed by atoms with Crippen LogP contribution in [0, 0.1) is 0 Å². The smallest absolute Gasteiger partial charge is 0.227 e. The molecule has 0 unspecified atom stereocenters. The second-order valence-electron chi connectivity index (χ2n) is 13.8.